The second-order valence-electron chi connectivity index (χ2n) is 6.50. The van der Waals surface area contributed by atoms with E-state index in [-0.39, 0.29) is 11.5 Å². The molecular formula is C20H14F2N6. The van der Waals surface area contributed by atoms with Gasteiger partial charge in [-0.3, -0.25) is 4.40 Å². The molecule has 0 aliphatic rings. The third-order valence-electron chi connectivity index (χ3n) is 4.68. The average Bonchev–Trinajstić information content (AvgIpc) is 3.30. The van der Waals surface area contributed by atoms with E-state index >= 15 is 0 Å². The summed E-state index contributed by atoms with van der Waals surface area (Å²) in [5, 5.41) is 0. The number of nitrogens with two attached hydrogens (primary N) is 1. The summed E-state index contributed by atoms with van der Waals surface area (Å²) in [6.07, 6.45) is 6.68. The molecule has 28 heavy (non-hydrogen) atoms. The molecule has 0 saturated carbocycles. The lowest BCUT2D eigenvalue weighted by Gasteiger charge is -2.14. The van der Waals surface area contributed by atoms with Gasteiger partial charge in [0.2, 0.25) is 0 Å². The van der Waals surface area contributed by atoms with Crippen LogP contribution in [-0.2, 0) is 0 Å². The molecule has 0 aliphatic carbocycles. The summed E-state index contributed by atoms with van der Waals surface area (Å²) in [6.45, 7) is 1.84. The molecule has 0 amide bonds. The molecule has 0 atom stereocenters. The number of hydrogen-bond acceptors (Lipinski definition) is 4. The van der Waals surface area contributed by atoms with Crippen LogP contribution in [0.4, 0.5) is 14.6 Å². The van der Waals surface area contributed by atoms with Crippen molar-refractivity contribution in [1.29, 1.82) is 0 Å². The number of nitrogens with zero attached hydrogens (tertiary/aromatic N) is 5. The number of benzene rings is 1. The predicted molar refractivity (Wildman–Crippen MR) is 102 cm³/mol. The number of halogens is 2. The topological polar surface area (TPSA) is 73.5 Å². The van der Waals surface area contributed by atoms with Gasteiger partial charge in [0, 0.05) is 41.6 Å². The highest BCUT2D eigenvalue weighted by Gasteiger charge is 2.19. The molecule has 5 aromatic rings. The number of imidazole rings is 2. The van der Waals surface area contributed by atoms with Crippen LogP contribution in [0.2, 0.25) is 0 Å². The van der Waals surface area contributed by atoms with Gasteiger partial charge in [-0.05, 0) is 25.1 Å². The van der Waals surface area contributed by atoms with Gasteiger partial charge >= 0.3 is 0 Å². The Kier molecular flexibility index (Phi) is 3.42. The second kappa shape index (κ2) is 5.85. The van der Waals surface area contributed by atoms with Gasteiger partial charge in [0.05, 0.1) is 11.4 Å². The molecular weight excluding hydrogens is 362 g/mol. The van der Waals surface area contributed by atoms with E-state index in [2.05, 4.69) is 15.0 Å². The van der Waals surface area contributed by atoms with E-state index in [1.807, 2.05) is 6.92 Å². The molecule has 138 valence electrons. The Balaban J connectivity index is 1.91. The number of fused-ring (bicyclic) bond motifs is 2. The van der Waals surface area contributed by atoms with Crippen LogP contribution in [0.15, 0.2) is 55.1 Å². The third-order valence-corrected chi connectivity index (χ3v) is 4.68. The zero-order valence-corrected chi connectivity index (χ0v) is 14.8. The van der Waals surface area contributed by atoms with Crippen molar-refractivity contribution in [3.63, 3.8) is 0 Å². The van der Waals surface area contributed by atoms with E-state index in [1.54, 1.807) is 45.7 Å². The molecule has 0 saturated heterocycles. The summed E-state index contributed by atoms with van der Waals surface area (Å²) in [6, 6.07) is 7.42. The van der Waals surface area contributed by atoms with Crippen molar-refractivity contribution in [3.8, 4) is 22.5 Å². The first kappa shape index (κ1) is 16.4. The van der Waals surface area contributed by atoms with Crippen LogP contribution in [0.5, 0.6) is 0 Å². The Hall–Kier alpha value is -3.81. The first-order valence-corrected chi connectivity index (χ1v) is 8.55. The van der Waals surface area contributed by atoms with E-state index in [9.17, 15) is 8.78 Å². The first-order chi connectivity index (χ1) is 13.5. The fourth-order valence-corrected chi connectivity index (χ4v) is 3.42. The van der Waals surface area contributed by atoms with Gasteiger partial charge in [0.15, 0.2) is 22.9 Å². The van der Waals surface area contributed by atoms with Crippen LogP contribution >= 0.6 is 0 Å². The van der Waals surface area contributed by atoms with Crippen molar-refractivity contribution in [1.82, 2.24) is 23.8 Å². The summed E-state index contributed by atoms with van der Waals surface area (Å²) in [5.41, 5.74) is 9.59. The van der Waals surface area contributed by atoms with Crippen LogP contribution in [0.3, 0.4) is 0 Å². The largest absolute Gasteiger partial charge is 0.381 e. The molecule has 0 unspecified atom stereocenters. The molecule has 0 fully saturated rings. The summed E-state index contributed by atoms with van der Waals surface area (Å²) in [7, 11) is 0. The van der Waals surface area contributed by atoms with E-state index < -0.39 is 11.6 Å². The van der Waals surface area contributed by atoms with Crippen molar-refractivity contribution < 1.29 is 8.78 Å². The second-order valence-corrected chi connectivity index (χ2v) is 6.50. The monoisotopic (exact) mass is 376 g/mol. The molecule has 0 aliphatic heterocycles. The Morgan fingerprint density at radius 1 is 1.00 bits per heavy atom. The lowest BCUT2D eigenvalue weighted by Crippen LogP contribution is -2.05. The fraction of sp³-hybridized carbons (Fsp3) is 0.0500. The average molecular weight is 376 g/mol. The van der Waals surface area contributed by atoms with Gasteiger partial charge < -0.3 is 10.1 Å². The number of anilines is 1. The van der Waals surface area contributed by atoms with Crippen molar-refractivity contribution in [3.05, 3.63) is 72.4 Å². The molecule has 4 aromatic heterocycles. The highest BCUT2D eigenvalue weighted by atomic mass is 19.1. The number of aromatic nitrogens is 5. The van der Waals surface area contributed by atoms with Crippen LogP contribution in [0.25, 0.3) is 33.8 Å². The molecule has 5 rings (SSSR count). The Morgan fingerprint density at radius 3 is 2.68 bits per heavy atom. The zero-order chi connectivity index (χ0) is 19.4. The van der Waals surface area contributed by atoms with Gasteiger partial charge in [0.1, 0.15) is 5.82 Å². The van der Waals surface area contributed by atoms with Crippen molar-refractivity contribution in [2.75, 3.05) is 5.73 Å². The van der Waals surface area contributed by atoms with Crippen molar-refractivity contribution in [2.24, 2.45) is 0 Å². The minimum Gasteiger partial charge on any atom is -0.381 e. The van der Waals surface area contributed by atoms with E-state index in [4.69, 9.17) is 5.73 Å². The molecule has 0 radical (unpaired) electrons. The van der Waals surface area contributed by atoms with Crippen LogP contribution in [0.1, 0.15) is 5.69 Å². The lowest BCUT2D eigenvalue weighted by molar-refractivity contribution is 0.628. The third kappa shape index (κ3) is 2.34. The summed E-state index contributed by atoms with van der Waals surface area (Å²) < 4.78 is 32.0. The number of nitrogen functional groups attached to an aromatic ring is 1. The maximum absolute atomic E-state index is 14.7. The Morgan fingerprint density at radius 2 is 1.86 bits per heavy atom. The maximum atomic E-state index is 14.7. The van der Waals surface area contributed by atoms with Crippen LogP contribution < -0.4 is 5.73 Å². The standard InChI is InChI=1S/C20H14F2N6/c1-11-9-25-19-15(22)8-13(10-28(11)19)17-16(12-3-2-4-14(21)7-12)26-18(23)20-24-5-6-27(17)20/h2-10H,1H3,(H2,23,26). The highest BCUT2D eigenvalue weighted by Crippen LogP contribution is 2.34. The van der Waals surface area contributed by atoms with Crippen LogP contribution in [0, 0.1) is 18.6 Å². The molecule has 0 bridgehead atoms. The minimum absolute atomic E-state index is 0.202. The molecule has 4 heterocycles. The maximum Gasteiger partial charge on any atom is 0.180 e. The number of pyridine rings is 1. The quantitative estimate of drug-likeness (QED) is 0.507. The van der Waals surface area contributed by atoms with Gasteiger partial charge in [0.25, 0.3) is 0 Å². The highest BCUT2D eigenvalue weighted by molar-refractivity contribution is 5.83. The van der Waals surface area contributed by atoms with Crippen molar-refractivity contribution in [2.45, 2.75) is 6.92 Å². The number of hydrogen-bond donors (Lipinski definition) is 1. The normalized spacial score (nSPS) is 11.5. The minimum atomic E-state index is -0.471. The molecule has 1 aromatic carbocycles. The zero-order valence-electron chi connectivity index (χ0n) is 14.8. The Bertz CT molecular complexity index is 1370. The van der Waals surface area contributed by atoms with E-state index in [0.29, 0.717) is 28.2 Å². The molecule has 0 spiro atoms. The Labute approximate surface area is 157 Å². The van der Waals surface area contributed by atoms with E-state index in [1.165, 1.54) is 18.2 Å². The first-order valence-electron chi connectivity index (χ1n) is 8.55. The number of aryl methyl sites for hydroxylation is 1. The van der Waals surface area contributed by atoms with Crippen LogP contribution in [-0.4, -0.2) is 23.8 Å². The summed E-state index contributed by atoms with van der Waals surface area (Å²) in [4.78, 5) is 12.8. The van der Waals surface area contributed by atoms with E-state index in [0.717, 1.165) is 5.69 Å². The smallest absolute Gasteiger partial charge is 0.180 e. The SMILES string of the molecule is Cc1cnc2c(F)cc(-c3c(-c4cccc(F)c4)nc(N)c4nccn34)cn12. The molecule has 8 heteroatoms. The lowest BCUT2D eigenvalue weighted by atomic mass is 10.0. The fourth-order valence-electron chi connectivity index (χ4n) is 3.42. The van der Waals surface area contributed by atoms with Gasteiger partial charge in [-0.1, -0.05) is 12.1 Å². The molecule has 2 N–H and O–H groups in total. The van der Waals surface area contributed by atoms with Gasteiger partial charge in [-0.25, -0.2) is 23.7 Å². The summed E-state index contributed by atoms with van der Waals surface area (Å²) in [5.74, 6) is -0.670. The van der Waals surface area contributed by atoms with Gasteiger partial charge in [-0.2, -0.15) is 0 Å². The molecule has 6 nitrogen and oxygen atoms in total. The number of rotatable bonds is 2. The van der Waals surface area contributed by atoms with Gasteiger partial charge in [-0.15, -0.1) is 0 Å². The van der Waals surface area contributed by atoms with Crippen molar-refractivity contribution >= 4 is 17.1 Å². The predicted octanol–water partition coefficient (Wildman–Crippen LogP) is 3.88. The summed E-state index contributed by atoms with van der Waals surface area (Å²) >= 11 is 0.